The summed E-state index contributed by atoms with van der Waals surface area (Å²) in [4.78, 5) is 82.4. The minimum Gasteiger partial charge on any atom is -0.481 e. The molecule has 15 nitrogen and oxygen atoms in total. The Morgan fingerprint density at radius 2 is 1.31 bits per heavy atom. The van der Waals surface area contributed by atoms with Gasteiger partial charge in [-0.3, -0.25) is 28.8 Å². The monoisotopic (exact) mass is 502 g/mol. The van der Waals surface area contributed by atoms with Gasteiger partial charge < -0.3 is 43.4 Å². The number of primary amides is 2. The maximum Gasteiger partial charge on any atom is 0.326 e. The van der Waals surface area contributed by atoms with E-state index in [9.17, 15) is 38.7 Å². The van der Waals surface area contributed by atoms with Crippen molar-refractivity contribution in [2.75, 3.05) is 0 Å². The molecule has 0 aliphatic heterocycles. The van der Waals surface area contributed by atoms with Crippen LogP contribution in [0.1, 0.15) is 52.4 Å². The Kier molecular flexibility index (Phi) is 13.6. The zero-order valence-corrected chi connectivity index (χ0v) is 19.6. The number of aliphatic carboxylic acids is 2. The number of carboxylic acid groups (broad SMARTS) is 2. The van der Waals surface area contributed by atoms with E-state index in [0.29, 0.717) is 6.42 Å². The predicted molar refractivity (Wildman–Crippen MR) is 120 cm³/mol. The molecular weight excluding hydrogens is 468 g/mol. The van der Waals surface area contributed by atoms with Crippen LogP contribution in [-0.4, -0.2) is 75.9 Å². The van der Waals surface area contributed by atoms with Gasteiger partial charge in [-0.05, 0) is 18.8 Å². The molecule has 0 heterocycles. The molecule has 5 unspecified atom stereocenters. The summed E-state index contributed by atoms with van der Waals surface area (Å²) < 4.78 is 0. The van der Waals surface area contributed by atoms with Crippen LogP contribution in [-0.2, 0) is 33.6 Å². The number of nitrogens with one attached hydrogen (secondary N) is 3. The van der Waals surface area contributed by atoms with Crippen molar-refractivity contribution in [3.8, 4) is 0 Å². The van der Waals surface area contributed by atoms with Crippen LogP contribution in [0.2, 0.25) is 0 Å². The van der Waals surface area contributed by atoms with Gasteiger partial charge >= 0.3 is 11.9 Å². The summed E-state index contributed by atoms with van der Waals surface area (Å²) in [7, 11) is 0. The molecule has 0 bridgehead atoms. The summed E-state index contributed by atoms with van der Waals surface area (Å²) in [5.74, 6) is -7.49. The second kappa shape index (κ2) is 15.2. The van der Waals surface area contributed by atoms with E-state index < -0.39 is 90.8 Å². The maximum absolute atomic E-state index is 13.0. The second-order valence-corrected chi connectivity index (χ2v) is 8.05. The molecule has 0 aliphatic rings. The first-order chi connectivity index (χ1) is 16.2. The second-order valence-electron chi connectivity index (χ2n) is 8.05. The Balaban J connectivity index is 5.64. The number of hydrogen-bond acceptors (Lipinski definition) is 8. The third-order valence-electron chi connectivity index (χ3n) is 5.12. The Morgan fingerprint density at radius 1 is 0.771 bits per heavy atom. The van der Waals surface area contributed by atoms with Gasteiger partial charge in [-0.25, -0.2) is 4.79 Å². The topological polar surface area (TPSA) is 274 Å². The van der Waals surface area contributed by atoms with E-state index in [2.05, 4.69) is 16.0 Å². The van der Waals surface area contributed by atoms with Crippen molar-refractivity contribution in [3.63, 3.8) is 0 Å². The Morgan fingerprint density at radius 3 is 1.77 bits per heavy atom. The van der Waals surface area contributed by atoms with Gasteiger partial charge in [0.2, 0.25) is 29.5 Å². The quantitative estimate of drug-likeness (QED) is 0.0991. The van der Waals surface area contributed by atoms with Crippen LogP contribution in [0.25, 0.3) is 0 Å². The maximum atomic E-state index is 13.0. The summed E-state index contributed by atoms with van der Waals surface area (Å²) in [6.45, 7) is 3.37. The van der Waals surface area contributed by atoms with Crippen LogP contribution in [0.4, 0.5) is 0 Å². The third-order valence-corrected chi connectivity index (χ3v) is 5.12. The lowest BCUT2D eigenvalue weighted by Gasteiger charge is -2.27. The van der Waals surface area contributed by atoms with Crippen LogP contribution in [0.15, 0.2) is 0 Å². The smallest absolute Gasteiger partial charge is 0.326 e. The third kappa shape index (κ3) is 12.3. The standard InChI is InChI=1S/C20H34N6O9/c1-3-9(2)16(26-17(31)10(21)8-14(23)28)19(33)24-11(4-6-13(22)27)18(32)25-12(20(34)35)5-7-15(29)30/h9-12,16H,3-8,21H2,1-2H3,(H2,22,27)(H2,23,28)(H,24,33)(H,25,32)(H,26,31)(H,29,30)(H,34,35). The highest BCUT2D eigenvalue weighted by molar-refractivity contribution is 5.95. The molecule has 5 atom stereocenters. The number of nitrogens with two attached hydrogens (primary N) is 3. The van der Waals surface area contributed by atoms with Crippen molar-refractivity contribution >= 4 is 41.5 Å². The largest absolute Gasteiger partial charge is 0.481 e. The molecule has 0 aromatic rings. The molecule has 0 aromatic heterocycles. The molecule has 0 aliphatic carbocycles. The van der Waals surface area contributed by atoms with Crippen molar-refractivity contribution < 1.29 is 43.8 Å². The summed E-state index contributed by atoms with van der Waals surface area (Å²) in [5, 5.41) is 24.9. The predicted octanol–water partition coefficient (Wildman–Crippen LogP) is -3.10. The van der Waals surface area contributed by atoms with E-state index in [1.807, 2.05) is 0 Å². The van der Waals surface area contributed by atoms with E-state index >= 15 is 0 Å². The molecule has 15 heteroatoms. The summed E-state index contributed by atoms with van der Waals surface area (Å²) in [6, 6.07) is -5.50. The van der Waals surface area contributed by atoms with Gasteiger partial charge in [0.05, 0.1) is 12.5 Å². The molecule has 0 radical (unpaired) electrons. The molecule has 35 heavy (non-hydrogen) atoms. The van der Waals surface area contributed by atoms with Crippen molar-refractivity contribution in [1.82, 2.24) is 16.0 Å². The van der Waals surface area contributed by atoms with Crippen LogP contribution < -0.4 is 33.2 Å². The summed E-state index contributed by atoms with van der Waals surface area (Å²) in [6.07, 6.45) is -1.63. The SMILES string of the molecule is CCC(C)C(NC(=O)C(N)CC(N)=O)C(=O)NC(CCC(N)=O)C(=O)NC(CCC(=O)O)C(=O)O. The summed E-state index contributed by atoms with van der Waals surface area (Å²) in [5.41, 5.74) is 15.8. The number of hydrogen-bond donors (Lipinski definition) is 8. The van der Waals surface area contributed by atoms with Crippen LogP contribution >= 0.6 is 0 Å². The van der Waals surface area contributed by atoms with E-state index in [1.165, 1.54) is 0 Å². The van der Waals surface area contributed by atoms with Gasteiger partial charge in [-0.15, -0.1) is 0 Å². The minimum atomic E-state index is -1.57. The van der Waals surface area contributed by atoms with Crippen molar-refractivity contribution in [2.24, 2.45) is 23.1 Å². The van der Waals surface area contributed by atoms with Crippen molar-refractivity contribution in [2.45, 2.75) is 76.5 Å². The fourth-order valence-electron chi connectivity index (χ4n) is 2.89. The van der Waals surface area contributed by atoms with Crippen LogP contribution in [0, 0.1) is 5.92 Å². The van der Waals surface area contributed by atoms with Gasteiger partial charge in [-0.1, -0.05) is 20.3 Å². The van der Waals surface area contributed by atoms with Crippen LogP contribution in [0.5, 0.6) is 0 Å². The lowest BCUT2D eigenvalue weighted by molar-refractivity contribution is -0.143. The van der Waals surface area contributed by atoms with Crippen molar-refractivity contribution in [3.05, 3.63) is 0 Å². The molecule has 0 aromatic carbocycles. The van der Waals surface area contributed by atoms with Gasteiger partial charge in [0.15, 0.2) is 0 Å². The lowest BCUT2D eigenvalue weighted by Crippen LogP contribution is -2.59. The first-order valence-corrected chi connectivity index (χ1v) is 10.9. The van der Waals surface area contributed by atoms with E-state index in [1.54, 1.807) is 13.8 Å². The first-order valence-electron chi connectivity index (χ1n) is 10.9. The molecule has 198 valence electrons. The Bertz CT molecular complexity index is 819. The molecule has 0 spiro atoms. The number of carboxylic acids is 2. The Labute approximate surface area is 201 Å². The molecule has 0 fully saturated rings. The van der Waals surface area contributed by atoms with Gasteiger partial charge in [-0.2, -0.15) is 0 Å². The average Bonchev–Trinajstić information content (AvgIpc) is 2.75. The zero-order valence-electron chi connectivity index (χ0n) is 19.6. The highest BCUT2D eigenvalue weighted by Gasteiger charge is 2.32. The molecule has 0 saturated carbocycles. The van der Waals surface area contributed by atoms with Gasteiger partial charge in [0.1, 0.15) is 18.1 Å². The van der Waals surface area contributed by atoms with E-state index in [-0.39, 0.29) is 12.8 Å². The summed E-state index contributed by atoms with van der Waals surface area (Å²) >= 11 is 0. The van der Waals surface area contributed by atoms with Crippen molar-refractivity contribution in [1.29, 1.82) is 0 Å². The molecule has 0 saturated heterocycles. The number of amides is 5. The molecular formula is C20H34N6O9. The number of rotatable bonds is 17. The number of carbonyl (C=O) groups is 7. The Hall–Kier alpha value is -3.75. The van der Waals surface area contributed by atoms with Gasteiger partial charge in [0.25, 0.3) is 0 Å². The zero-order chi connectivity index (χ0) is 27.3. The van der Waals surface area contributed by atoms with Gasteiger partial charge in [0, 0.05) is 12.8 Å². The normalized spacial score (nSPS) is 14.9. The highest BCUT2D eigenvalue weighted by atomic mass is 16.4. The van der Waals surface area contributed by atoms with E-state index in [4.69, 9.17) is 22.3 Å². The number of carbonyl (C=O) groups excluding carboxylic acids is 5. The molecule has 11 N–H and O–H groups in total. The fraction of sp³-hybridized carbons (Fsp3) is 0.650. The lowest BCUT2D eigenvalue weighted by atomic mass is 9.97. The van der Waals surface area contributed by atoms with Crippen LogP contribution in [0.3, 0.4) is 0 Å². The minimum absolute atomic E-state index is 0.291. The molecule has 5 amide bonds. The highest BCUT2D eigenvalue weighted by Crippen LogP contribution is 2.10. The first kappa shape index (κ1) is 31.2. The fourth-order valence-corrected chi connectivity index (χ4v) is 2.89. The van der Waals surface area contributed by atoms with E-state index in [0.717, 1.165) is 0 Å². The molecule has 0 rings (SSSR count). The average molecular weight is 503 g/mol.